The first-order valence-corrected chi connectivity index (χ1v) is 7.06. The Morgan fingerprint density at radius 1 is 1.24 bits per heavy atom. The van der Waals surface area contributed by atoms with Crippen molar-refractivity contribution in [2.45, 2.75) is 51.9 Å². The number of likely N-dealkylation sites (tertiary alicyclic amines) is 1. The van der Waals surface area contributed by atoms with Crippen LogP contribution in [0.15, 0.2) is 0 Å². The van der Waals surface area contributed by atoms with E-state index >= 15 is 0 Å². The van der Waals surface area contributed by atoms with E-state index < -0.39 is 11.4 Å². The number of nitrogens with zero attached hydrogens (tertiary/aromatic N) is 1. The lowest BCUT2D eigenvalue weighted by Crippen LogP contribution is -2.44. The van der Waals surface area contributed by atoms with Gasteiger partial charge in [0.2, 0.25) is 0 Å². The van der Waals surface area contributed by atoms with Crippen LogP contribution in [0.1, 0.15) is 51.9 Å². The van der Waals surface area contributed by atoms with Crippen molar-refractivity contribution in [3.8, 4) is 0 Å². The zero-order valence-corrected chi connectivity index (χ0v) is 11.0. The zero-order valence-electron chi connectivity index (χ0n) is 11.0. The Bertz CT molecular complexity index is 263. The Morgan fingerprint density at radius 2 is 1.82 bits per heavy atom. The van der Waals surface area contributed by atoms with E-state index in [0.29, 0.717) is 0 Å². The number of piperidine rings is 1. The van der Waals surface area contributed by atoms with Gasteiger partial charge in [-0.1, -0.05) is 19.3 Å². The number of rotatable bonds is 3. The molecule has 1 heterocycles. The molecule has 17 heavy (non-hydrogen) atoms. The largest absolute Gasteiger partial charge is 0.481 e. The van der Waals surface area contributed by atoms with E-state index in [2.05, 4.69) is 4.90 Å². The van der Waals surface area contributed by atoms with Crippen molar-refractivity contribution in [1.82, 2.24) is 4.90 Å². The summed E-state index contributed by atoms with van der Waals surface area (Å²) in [6, 6.07) is 0. The third-order valence-electron chi connectivity index (χ3n) is 4.72. The summed E-state index contributed by atoms with van der Waals surface area (Å²) in [6.45, 7) is 5.04. The average Bonchev–Trinajstić information content (AvgIpc) is 2.33. The summed E-state index contributed by atoms with van der Waals surface area (Å²) in [4.78, 5) is 13.6. The second kappa shape index (κ2) is 5.38. The van der Waals surface area contributed by atoms with Crippen molar-refractivity contribution >= 4 is 5.97 Å². The average molecular weight is 239 g/mol. The molecule has 1 aliphatic carbocycles. The fourth-order valence-electron chi connectivity index (χ4n) is 3.18. The summed E-state index contributed by atoms with van der Waals surface area (Å²) in [7, 11) is 0. The number of carboxylic acids is 1. The van der Waals surface area contributed by atoms with Gasteiger partial charge in [-0.3, -0.25) is 4.79 Å². The van der Waals surface area contributed by atoms with E-state index in [-0.39, 0.29) is 0 Å². The molecule has 1 aliphatic heterocycles. The molecule has 2 rings (SSSR count). The van der Waals surface area contributed by atoms with Crippen LogP contribution in [-0.4, -0.2) is 35.6 Å². The van der Waals surface area contributed by atoms with Gasteiger partial charge in [0.1, 0.15) is 0 Å². The van der Waals surface area contributed by atoms with Gasteiger partial charge < -0.3 is 10.0 Å². The van der Waals surface area contributed by atoms with Crippen LogP contribution in [0.2, 0.25) is 0 Å². The predicted octanol–water partition coefficient (Wildman–Crippen LogP) is 2.75. The maximum atomic E-state index is 11.2. The van der Waals surface area contributed by atoms with Crippen molar-refractivity contribution in [2.75, 3.05) is 19.6 Å². The van der Waals surface area contributed by atoms with Gasteiger partial charge in [-0.15, -0.1) is 0 Å². The van der Waals surface area contributed by atoms with Crippen LogP contribution in [0.3, 0.4) is 0 Å². The van der Waals surface area contributed by atoms with Crippen molar-refractivity contribution in [3.05, 3.63) is 0 Å². The molecule has 3 heteroatoms. The van der Waals surface area contributed by atoms with Crippen LogP contribution in [0.4, 0.5) is 0 Å². The molecule has 0 amide bonds. The van der Waals surface area contributed by atoms with Crippen molar-refractivity contribution in [1.29, 1.82) is 0 Å². The highest BCUT2D eigenvalue weighted by Crippen LogP contribution is 2.32. The normalized spacial score (nSPS) is 26.9. The van der Waals surface area contributed by atoms with Crippen LogP contribution in [0.5, 0.6) is 0 Å². The number of carboxylic acid groups (broad SMARTS) is 1. The van der Waals surface area contributed by atoms with E-state index in [1.54, 1.807) is 0 Å². The first kappa shape index (κ1) is 12.9. The Hall–Kier alpha value is -0.570. The summed E-state index contributed by atoms with van der Waals surface area (Å²) in [5, 5.41) is 9.19. The maximum Gasteiger partial charge on any atom is 0.309 e. The highest BCUT2D eigenvalue weighted by molar-refractivity contribution is 5.74. The van der Waals surface area contributed by atoms with Gasteiger partial charge in [0.05, 0.1) is 5.41 Å². The van der Waals surface area contributed by atoms with E-state index in [4.69, 9.17) is 0 Å². The smallest absolute Gasteiger partial charge is 0.309 e. The molecule has 2 aliphatic rings. The third-order valence-corrected chi connectivity index (χ3v) is 4.72. The summed E-state index contributed by atoms with van der Waals surface area (Å²) in [5.74, 6) is 0.257. The number of aliphatic carboxylic acids is 1. The lowest BCUT2D eigenvalue weighted by atomic mass is 9.80. The van der Waals surface area contributed by atoms with Gasteiger partial charge >= 0.3 is 5.97 Å². The molecule has 0 bridgehead atoms. The van der Waals surface area contributed by atoms with Gasteiger partial charge in [-0.25, -0.2) is 0 Å². The van der Waals surface area contributed by atoms with Crippen LogP contribution < -0.4 is 0 Å². The minimum Gasteiger partial charge on any atom is -0.481 e. The molecule has 0 atom stereocenters. The molecule has 0 unspecified atom stereocenters. The van der Waals surface area contributed by atoms with E-state index in [1.807, 2.05) is 6.92 Å². The molecule has 0 spiro atoms. The van der Waals surface area contributed by atoms with Crippen molar-refractivity contribution in [3.63, 3.8) is 0 Å². The van der Waals surface area contributed by atoms with E-state index in [1.165, 1.54) is 38.6 Å². The minimum atomic E-state index is -0.616. The molecule has 3 nitrogen and oxygen atoms in total. The predicted molar refractivity (Wildman–Crippen MR) is 68.0 cm³/mol. The third kappa shape index (κ3) is 3.21. The van der Waals surface area contributed by atoms with Gasteiger partial charge in [-0.2, -0.15) is 0 Å². The maximum absolute atomic E-state index is 11.2. The molecular formula is C14H25NO2. The molecule has 0 radical (unpaired) electrons. The second-order valence-corrected chi connectivity index (χ2v) is 6.17. The second-order valence-electron chi connectivity index (χ2n) is 6.17. The Morgan fingerprint density at radius 3 is 2.35 bits per heavy atom. The molecule has 1 N–H and O–H groups in total. The standard InChI is InChI=1S/C14H25NO2/c1-14(13(16)17)7-9-15(10-8-14)11-12-5-3-2-4-6-12/h12H,2-11H2,1H3,(H,16,17). The highest BCUT2D eigenvalue weighted by atomic mass is 16.4. The lowest BCUT2D eigenvalue weighted by molar-refractivity contribution is -0.150. The first-order valence-electron chi connectivity index (χ1n) is 7.06. The fourth-order valence-corrected chi connectivity index (χ4v) is 3.18. The van der Waals surface area contributed by atoms with Crippen LogP contribution in [0, 0.1) is 11.3 Å². The van der Waals surface area contributed by atoms with Gasteiger partial charge in [0.15, 0.2) is 0 Å². The SMILES string of the molecule is CC1(C(=O)O)CCN(CC2CCCCC2)CC1. The Labute approximate surface area is 104 Å². The summed E-state index contributed by atoms with van der Waals surface area (Å²) in [6.07, 6.45) is 8.59. The molecule has 1 saturated heterocycles. The molecule has 2 fully saturated rings. The number of hydrogen-bond acceptors (Lipinski definition) is 2. The Balaban J connectivity index is 1.77. The van der Waals surface area contributed by atoms with Crippen LogP contribution in [-0.2, 0) is 4.79 Å². The zero-order chi connectivity index (χ0) is 12.3. The van der Waals surface area contributed by atoms with Crippen molar-refractivity contribution in [2.24, 2.45) is 11.3 Å². The van der Waals surface area contributed by atoms with Gasteiger partial charge in [-0.05, 0) is 51.6 Å². The fraction of sp³-hybridized carbons (Fsp3) is 0.929. The summed E-state index contributed by atoms with van der Waals surface area (Å²) < 4.78 is 0. The number of hydrogen-bond donors (Lipinski definition) is 1. The topological polar surface area (TPSA) is 40.5 Å². The molecule has 1 saturated carbocycles. The highest BCUT2D eigenvalue weighted by Gasteiger charge is 2.37. The Kier molecular flexibility index (Phi) is 4.08. The van der Waals surface area contributed by atoms with Crippen LogP contribution >= 0.6 is 0 Å². The van der Waals surface area contributed by atoms with Crippen molar-refractivity contribution < 1.29 is 9.90 Å². The summed E-state index contributed by atoms with van der Waals surface area (Å²) in [5.41, 5.74) is -0.469. The summed E-state index contributed by atoms with van der Waals surface area (Å²) >= 11 is 0. The first-order chi connectivity index (χ1) is 8.10. The monoisotopic (exact) mass is 239 g/mol. The quantitative estimate of drug-likeness (QED) is 0.823. The lowest BCUT2D eigenvalue weighted by Gasteiger charge is -2.38. The van der Waals surface area contributed by atoms with Gasteiger partial charge in [0, 0.05) is 6.54 Å². The molecule has 98 valence electrons. The molecule has 0 aromatic rings. The van der Waals surface area contributed by atoms with Crippen LogP contribution in [0.25, 0.3) is 0 Å². The molecule has 0 aromatic heterocycles. The molecule has 0 aromatic carbocycles. The number of carbonyl (C=O) groups is 1. The minimum absolute atomic E-state index is 0.469. The van der Waals surface area contributed by atoms with E-state index in [0.717, 1.165) is 31.8 Å². The molecular weight excluding hydrogens is 214 g/mol. The van der Waals surface area contributed by atoms with E-state index in [9.17, 15) is 9.90 Å². The van der Waals surface area contributed by atoms with Gasteiger partial charge in [0.25, 0.3) is 0 Å².